The maximum absolute atomic E-state index is 10.1. The number of anilines is 2. The molecule has 286 valence electrons. The first-order chi connectivity index (χ1) is 27.0. The van der Waals surface area contributed by atoms with Crippen molar-refractivity contribution in [2.24, 2.45) is 0 Å². The summed E-state index contributed by atoms with van der Waals surface area (Å²) >= 11 is 7.02. The summed E-state index contributed by atoms with van der Waals surface area (Å²) in [6.07, 6.45) is 3.88. The number of benzene rings is 4. The van der Waals surface area contributed by atoms with Crippen molar-refractivity contribution < 1.29 is 9.47 Å². The zero-order valence-corrected chi connectivity index (χ0v) is 32.6. The molecule has 0 unspecified atom stereocenters. The third-order valence-electron chi connectivity index (χ3n) is 10.6. The van der Waals surface area contributed by atoms with Crippen LogP contribution in [0.15, 0.2) is 85.1 Å². The Balaban J connectivity index is 1.00. The van der Waals surface area contributed by atoms with Crippen LogP contribution in [0.3, 0.4) is 0 Å². The van der Waals surface area contributed by atoms with Crippen LogP contribution in [-0.2, 0) is 22.6 Å². The lowest BCUT2D eigenvalue weighted by atomic mass is 9.99. The van der Waals surface area contributed by atoms with Gasteiger partial charge in [0, 0.05) is 50.9 Å². The second kappa shape index (κ2) is 19.5. The van der Waals surface area contributed by atoms with Crippen LogP contribution in [0.25, 0.3) is 33.2 Å². The van der Waals surface area contributed by atoms with Gasteiger partial charge < -0.3 is 25.4 Å². The number of fused-ring (bicyclic) bond motifs is 1. The zero-order chi connectivity index (χ0) is 37.8. The Morgan fingerprint density at radius 3 is 1.87 bits per heavy atom. The van der Waals surface area contributed by atoms with Crippen molar-refractivity contribution in [3.05, 3.63) is 112 Å². The SMILES string of the molecule is Cc1cc(-c2cccc(CNCCCN3CCOCC3)c2)cc(Cl)c1Nc1c(C#N)cnc2cc(-c3cccc(CNCCCN4CCOCC4)c3)ccc12. The Hall–Kier alpha value is -4.37. The largest absolute Gasteiger partial charge is 0.379 e. The monoisotopic (exact) mass is 757 g/mol. The summed E-state index contributed by atoms with van der Waals surface area (Å²) in [5, 5.41) is 22.3. The molecular formula is C45H52ClN7O2. The van der Waals surface area contributed by atoms with Gasteiger partial charge in [0.2, 0.25) is 0 Å². The van der Waals surface area contributed by atoms with Gasteiger partial charge in [-0.25, -0.2) is 0 Å². The van der Waals surface area contributed by atoms with E-state index < -0.39 is 0 Å². The number of nitrogens with zero attached hydrogens (tertiary/aromatic N) is 4. The minimum absolute atomic E-state index is 0.464. The molecule has 0 amide bonds. The van der Waals surface area contributed by atoms with Gasteiger partial charge in [0.25, 0.3) is 0 Å². The highest BCUT2D eigenvalue weighted by Gasteiger charge is 2.16. The lowest BCUT2D eigenvalue weighted by Crippen LogP contribution is -2.37. The van der Waals surface area contributed by atoms with Gasteiger partial charge in [-0.15, -0.1) is 0 Å². The third-order valence-corrected chi connectivity index (χ3v) is 10.9. The minimum Gasteiger partial charge on any atom is -0.379 e. The molecule has 0 aliphatic carbocycles. The van der Waals surface area contributed by atoms with Gasteiger partial charge in [-0.2, -0.15) is 5.26 Å². The quantitative estimate of drug-likeness (QED) is 0.0873. The second-order valence-electron chi connectivity index (χ2n) is 14.5. The molecule has 0 radical (unpaired) electrons. The van der Waals surface area contributed by atoms with E-state index in [9.17, 15) is 5.26 Å². The number of halogens is 1. The number of morpholine rings is 2. The van der Waals surface area contributed by atoms with E-state index in [-0.39, 0.29) is 0 Å². The first kappa shape index (κ1) is 38.9. The van der Waals surface area contributed by atoms with Crippen molar-refractivity contribution >= 4 is 33.9 Å². The smallest absolute Gasteiger partial charge is 0.103 e. The van der Waals surface area contributed by atoms with Crippen molar-refractivity contribution in [3.63, 3.8) is 0 Å². The van der Waals surface area contributed by atoms with Crippen LogP contribution in [-0.4, -0.2) is 93.6 Å². The van der Waals surface area contributed by atoms with E-state index in [1.807, 2.05) is 6.07 Å². The summed E-state index contributed by atoms with van der Waals surface area (Å²) in [6.45, 7) is 15.3. The fraction of sp³-hybridized carbons (Fsp3) is 0.378. The third kappa shape index (κ3) is 10.5. The fourth-order valence-electron chi connectivity index (χ4n) is 7.48. The standard InChI is InChI=1S/C45H52ClN7O2/c1-33-24-39(37-9-3-7-35(26-37)31-49-13-5-15-53-18-22-55-23-19-53)27-42(46)44(33)51-45-40(29-47)32-50-43-28-38(10-11-41(43)45)36-8-2-6-34(25-36)30-48-12-4-14-52-16-20-54-21-17-52/h2-3,6-11,24-28,32,48-49H,4-5,12-23,30-31H2,1H3,(H,50,51). The Morgan fingerprint density at radius 1 is 0.709 bits per heavy atom. The average molecular weight is 758 g/mol. The molecule has 5 aromatic rings. The molecule has 0 bridgehead atoms. The predicted octanol–water partition coefficient (Wildman–Crippen LogP) is 7.77. The van der Waals surface area contributed by atoms with Gasteiger partial charge in [-0.1, -0.05) is 60.1 Å². The summed E-state index contributed by atoms with van der Waals surface area (Å²) in [5.74, 6) is 0. The topological polar surface area (TPSA) is 97.7 Å². The number of hydrogen-bond donors (Lipinski definition) is 3. The number of pyridine rings is 1. The van der Waals surface area contributed by atoms with Gasteiger partial charge in [0.1, 0.15) is 6.07 Å². The molecule has 55 heavy (non-hydrogen) atoms. The number of hydrogen-bond acceptors (Lipinski definition) is 9. The molecule has 3 heterocycles. The lowest BCUT2D eigenvalue weighted by molar-refractivity contribution is 0.0374. The maximum atomic E-state index is 10.1. The van der Waals surface area contributed by atoms with E-state index in [1.165, 1.54) is 11.1 Å². The minimum atomic E-state index is 0.464. The highest BCUT2D eigenvalue weighted by atomic mass is 35.5. The molecule has 0 saturated carbocycles. The number of aryl methyl sites for hydroxylation is 1. The maximum Gasteiger partial charge on any atom is 0.103 e. The Kier molecular flexibility index (Phi) is 13.8. The van der Waals surface area contributed by atoms with Crippen molar-refractivity contribution in [2.45, 2.75) is 32.9 Å². The van der Waals surface area contributed by atoms with Crippen LogP contribution in [0, 0.1) is 18.3 Å². The lowest BCUT2D eigenvalue weighted by Gasteiger charge is -2.26. The summed E-state index contributed by atoms with van der Waals surface area (Å²) < 4.78 is 10.9. The molecule has 4 aromatic carbocycles. The second-order valence-corrected chi connectivity index (χ2v) is 14.9. The predicted molar refractivity (Wildman–Crippen MR) is 224 cm³/mol. The molecule has 2 aliphatic rings. The number of aromatic nitrogens is 1. The van der Waals surface area contributed by atoms with E-state index in [1.54, 1.807) is 6.20 Å². The summed E-state index contributed by atoms with van der Waals surface area (Å²) in [4.78, 5) is 9.65. The van der Waals surface area contributed by atoms with Crippen LogP contribution >= 0.6 is 11.6 Å². The molecular weight excluding hydrogens is 706 g/mol. The molecule has 2 fully saturated rings. The molecule has 1 aromatic heterocycles. The first-order valence-electron chi connectivity index (χ1n) is 19.6. The highest BCUT2D eigenvalue weighted by Crippen LogP contribution is 2.38. The Labute approximate surface area is 330 Å². The van der Waals surface area contributed by atoms with Crippen molar-refractivity contribution in [3.8, 4) is 28.3 Å². The average Bonchev–Trinajstić information content (AvgIpc) is 3.22. The summed E-state index contributed by atoms with van der Waals surface area (Å²) in [6, 6.07) is 30.0. The number of ether oxygens (including phenoxy) is 2. The molecule has 0 atom stereocenters. The molecule has 7 rings (SSSR count). The number of nitriles is 1. The Morgan fingerprint density at radius 2 is 1.29 bits per heavy atom. The zero-order valence-electron chi connectivity index (χ0n) is 31.9. The van der Waals surface area contributed by atoms with Crippen LogP contribution < -0.4 is 16.0 Å². The van der Waals surface area contributed by atoms with Crippen molar-refractivity contribution in [2.75, 3.05) is 84.1 Å². The normalized spacial score (nSPS) is 15.3. The molecule has 2 aliphatic heterocycles. The van der Waals surface area contributed by atoms with E-state index in [0.717, 1.165) is 149 Å². The summed E-state index contributed by atoms with van der Waals surface area (Å²) in [5.41, 5.74) is 10.6. The first-order valence-corrected chi connectivity index (χ1v) is 20.0. The molecule has 0 spiro atoms. The van der Waals surface area contributed by atoms with E-state index in [0.29, 0.717) is 16.3 Å². The van der Waals surface area contributed by atoms with Gasteiger partial charge in [0.15, 0.2) is 0 Å². The number of nitrogens with one attached hydrogen (secondary N) is 3. The highest BCUT2D eigenvalue weighted by molar-refractivity contribution is 6.34. The van der Waals surface area contributed by atoms with E-state index >= 15 is 0 Å². The van der Waals surface area contributed by atoms with Gasteiger partial charge in [0.05, 0.1) is 53.9 Å². The van der Waals surface area contributed by atoms with Crippen LogP contribution in [0.1, 0.15) is 35.1 Å². The fourth-order valence-corrected chi connectivity index (χ4v) is 7.79. The van der Waals surface area contributed by atoms with Crippen LogP contribution in [0.5, 0.6) is 0 Å². The van der Waals surface area contributed by atoms with Crippen molar-refractivity contribution in [1.82, 2.24) is 25.4 Å². The van der Waals surface area contributed by atoms with Crippen LogP contribution in [0.2, 0.25) is 5.02 Å². The molecule has 9 nitrogen and oxygen atoms in total. The Bertz CT molecular complexity index is 2070. The molecule has 2 saturated heterocycles. The summed E-state index contributed by atoms with van der Waals surface area (Å²) in [7, 11) is 0. The van der Waals surface area contributed by atoms with Gasteiger partial charge in [-0.3, -0.25) is 14.8 Å². The molecule has 3 N–H and O–H groups in total. The van der Waals surface area contributed by atoms with Crippen LogP contribution in [0.4, 0.5) is 11.4 Å². The molecule has 10 heteroatoms. The van der Waals surface area contributed by atoms with Gasteiger partial charge >= 0.3 is 0 Å². The van der Waals surface area contributed by atoms with Gasteiger partial charge in [-0.05, 0) is 115 Å². The van der Waals surface area contributed by atoms with E-state index in [2.05, 4.69) is 112 Å². The number of rotatable bonds is 16. The van der Waals surface area contributed by atoms with Crippen molar-refractivity contribution in [1.29, 1.82) is 5.26 Å². The van der Waals surface area contributed by atoms with E-state index in [4.69, 9.17) is 26.1 Å².